The Balaban J connectivity index is 1.27. The lowest BCUT2D eigenvalue weighted by molar-refractivity contribution is 0.175. The number of hydrogen-bond acceptors (Lipinski definition) is 4. The van der Waals surface area contributed by atoms with Crippen LogP contribution in [0.3, 0.4) is 0 Å². The molecular formula is C17H25N5O. The van der Waals surface area contributed by atoms with E-state index in [1.807, 2.05) is 11.9 Å². The van der Waals surface area contributed by atoms with Crippen molar-refractivity contribution in [3.8, 4) is 0 Å². The number of aromatic nitrogens is 2. The van der Waals surface area contributed by atoms with Crippen LogP contribution in [0.25, 0.3) is 0 Å². The molecule has 0 radical (unpaired) electrons. The minimum atomic E-state index is 0.0664. The Labute approximate surface area is 137 Å². The molecule has 3 fully saturated rings. The Hall–Kier alpha value is -1.85. The Morgan fingerprint density at radius 2 is 1.91 bits per heavy atom. The zero-order valence-corrected chi connectivity index (χ0v) is 13.7. The molecule has 0 spiro atoms. The van der Waals surface area contributed by atoms with E-state index < -0.39 is 0 Å². The van der Waals surface area contributed by atoms with Crippen LogP contribution < -0.4 is 10.2 Å². The molecular weight excluding hydrogens is 290 g/mol. The van der Waals surface area contributed by atoms with E-state index in [9.17, 15) is 4.79 Å². The van der Waals surface area contributed by atoms with Crippen molar-refractivity contribution in [1.82, 2.24) is 20.4 Å². The monoisotopic (exact) mass is 315 g/mol. The first kappa shape index (κ1) is 14.7. The topological polar surface area (TPSA) is 61.4 Å². The summed E-state index contributed by atoms with van der Waals surface area (Å²) < 4.78 is 0. The SMILES string of the molecule is CN(C(=O)NC1CCCC1)C1CN(c2ccc(C3CC3)nn2)C1. The predicted molar refractivity (Wildman–Crippen MR) is 88.6 cm³/mol. The van der Waals surface area contributed by atoms with Crippen LogP contribution in [-0.4, -0.2) is 53.3 Å². The highest BCUT2D eigenvalue weighted by Crippen LogP contribution is 2.38. The number of rotatable bonds is 4. The summed E-state index contributed by atoms with van der Waals surface area (Å²) >= 11 is 0. The average Bonchev–Trinajstić information content (AvgIpc) is 3.24. The molecule has 23 heavy (non-hydrogen) atoms. The van der Waals surface area contributed by atoms with Gasteiger partial charge in [0.2, 0.25) is 0 Å². The number of carbonyl (C=O) groups excluding carboxylic acids is 1. The molecule has 1 saturated heterocycles. The van der Waals surface area contributed by atoms with Gasteiger partial charge < -0.3 is 15.1 Å². The van der Waals surface area contributed by atoms with Crippen molar-refractivity contribution in [1.29, 1.82) is 0 Å². The highest BCUT2D eigenvalue weighted by molar-refractivity contribution is 5.75. The summed E-state index contributed by atoms with van der Waals surface area (Å²) in [7, 11) is 1.90. The molecule has 4 rings (SSSR count). The standard InChI is InChI=1S/C17H25N5O/c1-21(17(23)18-13-4-2-3-5-13)14-10-22(11-14)16-9-8-15(19-20-16)12-6-7-12/h8-9,12-14H,2-7,10-11H2,1H3,(H,18,23). The van der Waals surface area contributed by atoms with E-state index in [4.69, 9.17) is 0 Å². The van der Waals surface area contributed by atoms with Gasteiger partial charge in [0.05, 0.1) is 11.7 Å². The molecule has 0 bridgehead atoms. The van der Waals surface area contributed by atoms with Gasteiger partial charge in [-0.1, -0.05) is 12.8 Å². The second-order valence-electron chi connectivity index (χ2n) is 7.19. The molecule has 0 aromatic carbocycles. The summed E-state index contributed by atoms with van der Waals surface area (Å²) in [6.07, 6.45) is 7.23. The van der Waals surface area contributed by atoms with Crippen molar-refractivity contribution in [2.45, 2.75) is 56.5 Å². The number of nitrogens with zero attached hydrogens (tertiary/aromatic N) is 4. The van der Waals surface area contributed by atoms with E-state index in [0.717, 1.165) is 37.4 Å². The molecule has 2 aliphatic carbocycles. The lowest BCUT2D eigenvalue weighted by Crippen LogP contribution is -2.62. The minimum Gasteiger partial charge on any atom is -0.351 e. The maximum absolute atomic E-state index is 12.3. The summed E-state index contributed by atoms with van der Waals surface area (Å²) in [5.74, 6) is 1.57. The van der Waals surface area contributed by atoms with Crippen molar-refractivity contribution in [3.63, 3.8) is 0 Å². The fraction of sp³-hybridized carbons (Fsp3) is 0.706. The Morgan fingerprint density at radius 3 is 2.52 bits per heavy atom. The van der Waals surface area contributed by atoms with Crippen molar-refractivity contribution in [2.75, 3.05) is 25.0 Å². The highest BCUT2D eigenvalue weighted by atomic mass is 16.2. The van der Waals surface area contributed by atoms with Crippen LogP contribution in [0, 0.1) is 0 Å². The summed E-state index contributed by atoms with van der Waals surface area (Å²) in [5, 5.41) is 11.8. The molecule has 2 saturated carbocycles. The third kappa shape index (κ3) is 3.12. The van der Waals surface area contributed by atoms with Crippen molar-refractivity contribution in [3.05, 3.63) is 17.8 Å². The third-order valence-corrected chi connectivity index (χ3v) is 5.40. The van der Waals surface area contributed by atoms with Crippen LogP contribution in [-0.2, 0) is 0 Å². The van der Waals surface area contributed by atoms with Gasteiger partial charge in [-0.15, -0.1) is 5.10 Å². The van der Waals surface area contributed by atoms with Gasteiger partial charge in [0.25, 0.3) is 0 Å². The maximum atomic E-state index is 12.3. The quantitative estimate of drug-likeness (QED) is 0.924. The molecule has 1 N–H and O–H groups in total. The molecule has 1 aromatic heterocycles. The molecule has 6 heteroatoms. The molecule has 124 valence electrons. The van der Waals surface area contributed by atoms with Gasteiger partial charge in [-0.3, -0.25) is 0 Å². The number of likely N-dealkylation sites (N-methyl/N-ethyl adjacent to an activating group) is 1. The summed E-state index contributed by atoms with van der Waals surface area (Å²) in [6.45, 7) is 1.68. The van der Waals surface area contributed by atoms with Crippen molar-refractivity contribution in [2.24, 2.45) is 0 Å². The van der Waals surface area contributed by atoms with E-state index in [0.29, 0.717) is 12.0 Å². The number of nitrogens with one attached hydrogen (secondary N) is 1. The van der Waals surface area contributed by atoms with E-state index in [-0.39, 0.29) is 12.1 Å². The van der Waals surface area contributed by atoms with Crippen LogP contribution in [0.1, 0.15) is 50.1 Å². The lowest BCUT2D eigenvalue weighted by Gasteiger charge is -2.44. The van der Waals surface area contributed by atoms with E-state index >= 15 is 0 Å². The average molecular weight is 315 g/mol. The first-order valence-electron chi connectivity index (χ1n) is 8.82. The first-order chi connectivity index (χ1) is 11.2. The van der Waals surface area contributed by atoms with Gasteiger partial charge in [0.15, 0.2) is 5.82 Å². The molecule has 0 unspecified atom stereocenters. The third-order valence-electron chi connectivity index (χ3n) is 5.40. The minimum absolute atomic E-state index is 0.0664. The van der Waals surface area contributed by atoms with Gasteiger partial charge in [-0.2, -0.15) is 5.10 Å². The summed E-state index contributed by atoms with van der Waals surface area (Å²) in [4.78, 5) is 16.3. The lowest BCUT2D eigenvalue weighted by atomic mass is 10.1. The second-order valence-corrected chi connectivity index (χ2v) is 7.19. The molecule has 1 aliphatic heterocycles. The van der Waals surface area contributed by atoms with Crippen LogP contribution >= 0.6 is 0 Å². The van der Waals surface area contributed by atoms with Gasteiger partial charge in [-0.25, -0.2) is 4.79 Å². The smallest absolute Gasteiger partial charge is 0.317 e. The Kier molecular flexibility index (Phi) is 3.83. The number of carbonyl (C=O) groups is 1. The van der Waals surface area contributed by atoms with Crippen molar-refractivity contribution >= 4 is 11.8 Å². The van der Waals surface area contributed by atoms with Gasteiger partial charge in [0.1, 0.15) is 0 Å². The van der Waals surface area contributed by atoms with Crippen molar-refractivity contribution < 1.29 is 4.79 Å². The highest BCUT2D eigenvalue weighted by Gasteiger charge is 2.34. The zero-order valence-electron chi connectivity index (χ0n) is 13.7. The normalized spacial score (nSPS) is 22.0. The molecule has 2 amide bonds. The van der Waals surface area contributed by atoms with Crippen LogP contribution in [0.2, 0.25) is 0 Å². The van der Waals surface area contributed by atoms with Gasteiger partial charge in [0, 0.05) is 32.1 Å². The van der Waals surface area contributed by atoms with E-state index in [1.165, 1.54) is 25.7 Å². The predicted octanol–water partition coefficient (Wildman–Crippen LogP) is 2.13. The molecule has 1 aromatic rings. The molecule has 2 heterocycles. The molecule has 3 aliphatic rings. The van der Waals surface area contributed by atoms with Crippen LogP contribution in [0.5, 0.6) is 0 Å². The number of anilines is 1. The van der Waals surface area contributed by atoms with Crippen LogP contribution in [0.4, 0.5) is 10.6 Å². The summed E-state index contributed by atoms with van der Waals surface area (Å²) in [5.41, 5.74) is 1.12. The fourth-order valence-corrected chi connectivity index (χ4v) is 3.50. The first-order valence-corrected chi connectivity index (χ1v) is 8.82. The molecule has 6 nitrogen and oxygen atoms in total. The maximum Gasteiger partial charge on any atom is 0.317 e. The second kappa shape index (κ2) is 5.98. The number of amides is 2. The zero-order chi connectivity index (χ0) is 15.8. The number of urea groups is 1. The van der Waals surface area contributed by atoms with E-state index in [2.05, 4.69) is 32.5 Å². The summed E-state index contributed by atoms with van der Waals surface area (Å²) in [6, 6.07) is 4.87. The van der Waals surface area contributed by atoms with Crippen LogP contribution in [0.15, 0.2) is 12.1 Å². The van der Waals surface area contributed by atoms with Gasteiger partial charge >= 0.3 is 6.03 Å². The van der Waals surface area contributed by atoms with E-state index in [1.54, 1.807) is 0 Å². The largest absolute Gasteiger partial charge is 0.351 e. The Morgan fingerprint density at radius 1 is 1.17 bits per heavy atom. The number of hydrogen-bond donors (Lipinski definition) is 1. The van der Waals surface area contributed by atoms with Gasteiger partial charge in [-0.05, 0) is 37.8 Å². The molecule has 0 atom stereocenters. The fourth-order valence-electron chi connectivity index (χ4n) is 3.50. The Bertz CT molecular complexity index is 559.